The smallest absolute Gasteiger partial charge is 0.314 e. The molecule has 0 aliphatic carbocycles. The molecule has 0 saturated carbocycles. The van der Waals surface area contributed by atoms with Crippen molar-refractivity contribution in [1.29, 1.82) is 0 Å². The van der Waals surface area contributed by atoms with Crippen LogP contribution < -0.4 is 5.73 Å². The molecule has 1 fully saturated rings. The number of likely N-dealkylation sites (tertiary alicyclic amines) is 1. The van der Waals surface area contributed by atoms with E-state index in [1.807, 2.05) is 0 Å². The fraction of sp³-hybridized carbons (Fsp3) is 0.778. The molecule has 3 N–H and O–H groups in total. The van der Waals surface area contributed by atoms with Gasteiger partial charge in [-0.1, -0.05) is 6.92 Å². The average Bonchev–Trinajstić information content (AvgIpc) is 1.99. The Hall–Kier alpha value is -1.26. The predicted molar refractivity (Wildman–Crippen MR) is 50.7 cm³/mol. The summed E-state index contributed by atoms with van der Waals surface area (Å²) in [7, 11) is 0. The van der Waals surface area contributed by atoms with Crippen LogP contribution in [0.2, 0.25) is 0 Å². The van der Waals surface area contributed by atoms with Crippen molar-refractivity contribution in [2.45, 2.75) is 19.8 Å². The summed E-state index contributed by atoms with van der Waals surface area (Å²) in [5, 5.41) is 8.64. The molecule has 5 nitrogen and oxygen atoms in total. The summed E-state index contributed by atoms with van der Waals surface area (Å²) in [5.74, 6) is -0.613. The Labute approximate surface area is 82.9 Å². The van der Waals surface area contributed by atoms with E-state index in [1.54, 1.807) is 11.8 Å². The molecule has 0 bridgehead atoms. The van der Waals surface area contributed by atoms with Crippen molar-refractivity contribution in [2.75, 3.05) is 13.1 Å². The lowest BCUT2D eigenvalue weighted by molar-refractivity contribution is -0.141. The number of nitrogens with two attached hydrogens (primary N) is 1. The Balaban J connectivity index is 2.12. The Kier molecular flexibility index (Phi) is 3.33. The lowest BCUT2D eigenvalue weighted by Gasteiger charge is -2.38. The second-order valence-corrected chi connectivity index (χ2v) is 3.93. The number of hydrogen-bond acceptors (Lipinski definition) is 2. The molecule has 14 heavy (non-hydrogen) atoms. The van der Waals surface area contributed by atoms with Crippen molar-refractivity contribution >= 4 is 12.0 Å². The van der Waals surface area contributed by atoms with Gasteiger partial charge in [0.1, 0.15) is 0 Å². The summed E-state index contributed by atoms with van der Waals surface area (Å²) in [6.45, 7) is 3.07. The van der Waals surface area contributed by atoms with Gasteiger partial charge in [0.15, 0.2) is 0 Å². The molecule has 1 saturated heterocycles. The highest BCUT2D eigenvalue weighted by Crippen LogP contribution is 2.22. The molecule has 1 rings (SSSR count). The second kappa shape index (κ2) is 4.30. The number of urea groups is 1. The topological polar surface area (TPSA) is 83.6 Å². The number of carboxylic acid groups (broad SMARTS) is 1. The monoisotopic (exact) mass is 200 g/mol. The number of carbonyl (C=O) groups excluding carboxylic acids is 1. The first-order valence-electron chi connectivity index (χ1n) is 4.78. The lowest BCUT2D eigenvalue weighted by atomic mass is 9.91. The van der Waals surface area contributed by atoms with E-state index in [-0.39, 0.29) is 11.9 Å². The SMILES string of the molecule is CC(CCC1CN(C(N)=O)C1)C(=O)O. The Morgan fingerprint density at radius 1 is 1.57 bits per heavy atom. The molecule has 80 valence electrons. The van der Waals surface area contributed by atoms with Crippen LogP contribution in [0.25, 0.3) is 0 Å². The number of rotatable bonds is 4. The van der Waals surface area contributed by atoms with Crippen LogP contribution in [0.3, 0.4) is 0 Å². The van der Waals surface area contributed by atoms with Gasteiger partial charge in [-0.25, -0.2) is 4.79 Å². The van der Waals surface area contributed by atoms with Gasteiger partial charge < -0.3 is 15.7 Å². The van der Waals surface area contributed by atoms with Crippen LogP contribution in [-0.4, -0.2) is 35.1 Å². The summed E-state index contributed by atoms with van der Waals surface area (Å²) in [6, 6.07) is -0.382. The van der Waals surface area contributed by atoms with Gasteiger partial charge in [0.05, 0.1) is 5.92 Å². The molecule has 0 radical (unpaired) electrons. The van der Waals surface area contributed by atoms with Gasteiger partial charge >= 0.3 is 12.0 Å². The minimum atomic E-state index is -0.754. The molecule has 1 unspecified atom stereocenters. The lowest BCUT2D eigenvalue weighted by Crippen LogP contribution is -2.52. The number of primary amides is 1. The zero-order valence-electron chi connectivity index (χ0n) is 8.27. The van der Waals surface area contributed by atoms with E-state index in [2.05, 4.69) is 0 Å². The molecule has 0 aromatic carbocycles. The minimum Gasteiger partial charge on any atom is -0.481 e. The number of amides is 2. The Bertz CT molecular complexity index is 236. The summed E-state index contributed by atoms with van der Waals surface area (Å²) in [6.07, 6.45) is 1.53. The first kappa shape index (κ1) is 10.8. The third kappa shape index (κ3) is 2.61. The summed E-state index contributed by atoms with van der Waals surface area (Å²) in [5.41, 5.74) is 5.06. The van der Waals surface area contributed by atoms with E-state index in [9.17, 15) is 9.59 Å². The van der Waals surface area contributed by atoms with Crippen LogP contribution in [0.15, 0.2) is 0 Å². The third-order valence-electron chi connectivity index (χ3n) is 2.70. The average molecular weight is 200 g/mol. The first-order chi connectivity index (χ1) is 6.50. The third-order valence-corrected chi connectivity index (χ3v) is 2.70. The maximum absolute atomic E-state index is 10.6. The molecule has 5 heteroatoms. The normalized spacial score (nSPS) is 18.8. The van der Waals surface area contributed by atoms with Crippen molar-refractivity contribution in [3.8, 4) is 0 Å². The van der Waals surface area contributed by atoms with Gasteiger partial charge in [-0.05, 0) is 18.8 Å². The van der Waals surface area contributed by atoms with Gasteiger partial charge in [-0.2, -0.15) is 0 Å². The van der Waals surface area contributed by atoms with E-state index >= 15 is 0 Å². The maximum Gasteiger partial charge on any atom is 0.314 e. The van der Waals surface area contributed by atoms with Crippen LogP contribution in [0, 0.1) is 11.8 Å². The molecular weight excluding hydrogens is 184 g/mol. The number of aliphatic carboxylic acids is 1. The number of carboxylic acids is 1. The number of hydrogen-bond donors (Lipinski definition) is 2. The van der Waals surface area contributed by atoms with Crippen LogP contribution >= 0.6 is 0 Å². The van der Waals surface area contributed by atoms with Crippen molar-refractivity contribution < 1.29 is 14.7 Å². The fourth-order valence-electron chi connectivity index (χ4n) is 1.54. The van der Waals surface area contributed by atoms with Gasteiger partial charge in [0, 0.05) is 13.1 Å². The zero-order valence-corrected chi connectivity index (χ0v) is 8.27. The summed E-state index contributed by atoms with van der Waals surface area (Å²) < 4.78 is 0. The Morgan fingerprint density at radius 3 is 2.57 bits per heavy atom. The molecule has 1 aliphatic rings. The van der Waals surface area contributed by atoms with Crippen LogP contribution in [-0.2, 0) is 4.79 Å². The van der Waals surface area contributed by atoms with E-state index in [1.165, 1.54) is 0 Å². The summed E-state index contributed by atoms with van der Waals surface area (Å²) >= 11 is 0. The highest BCUT2D eigenvalue weighted by molar-refractivity contribution is 5.72. The molecule has 0 aromatic heterocycles. The standard InChI is InChI=1S/C9H16N2O3/c1-6(8(12)13)2-3-7-4-11(5-7)9(10)14/h6-7H,2-5H2,1H3,(H2,10,14)(H,12,13). The van der Waals surface area contributed by atoms with Crippen molar-refractivity contribution in [2.24, 2.45) is 17.6 Å². The Morgan fingerprint density at radius 2 is 2.14 bits per heavy atom. The van der Waals surface area contributed by atoms with Crippen molar-refractivity contribution in [3.63, 3.8) is 0 Å². The van der Waals surface area contributed by atoms with Crippen molar-refractivity contribution in [3.05, 3.63) is 0 Å². The van der Waals surface area contributed by atoms with Gasteiger partial charge in [0.25, 0.3) is 0 Å². The van der Waals surface area contributed by atoms with E-state index in [0.717, 1.165) is 6.42 Å². The van der Waals surface area contributed by atoms with E-state index in [4.69, 9.17) is 10.8 Å². The van der Waals surface area contributed by atoms with Gasteiger partial charge in [0.2, 0.25) is 0 Å². The highest BCUT2D eigenvalue weighted by Gasteiger charge is 2.29. The predicted octanol–water partition coefficient (Wildman–Crippen LogP) is 0.498. The van der Waals surface area contributed by atoms with E-state index < -0.39 is 5.97 Å². The molecular formula is C9H16N2O3. The molecule has 1 heterocycles. The van der Waals surface area contributed by atoms with Crippen LogP contribution in [0.5, 0.6) is 0 Å². The van der Waals surface area contributed by atoms with Crippen LogP contribution in [0.1, 0.15) is 19.8 Å². The van der Waals surface area contributed by atoms with Gasteiger partial charge in [-0.15, -0.1) is 0 Å². The minimum absolute atomic E-state index is 0.294. The van der Waals surface area contributed by atoms with E-state index in [0.29, 0.717) is 25.4 Å². The highest BCUT2D eigenvalue weighted by atomic mass is 16.4. The molecule has 1 aliphatic heterocycles. The van der Waals surface area contributed by atoms with Crippen molar-refractivity contribution in [1.82, 2.24) is 4.90 Å². The van der Waals surface area contributed by atoms with Gasteiger partial charge in [-0.3, -0.25) is 4.79 Å². The van der Waals surface area contributed by atoms with Crippen LogP contribution in [0.4, 0.5) is 4.79 Å². The number of nitrogens with zero attached hydrogens (tertiary/aromatic N) is 1. The quantitative estimate of drug-likeness (QED) is 0.693. The summed E-state index contributed by atoms with van der Waals surface area (Å²) in [4.78, 5) is 22.7. The molecule has 0 spiro atoms. The molecule has 1 atom stereocenters. The molecule has 0 aromatic rings. The second-order valence-electron chi connectivity index (χ2n) is 3.93. The maximum atomic E-state index is 10.6. The number of carbonyl (C=O) groups is 2. The molecule has 2 amide bonds. The largest absolute Gasteiger partial charge is 0.481 e. The zero-order chi connectivity index (χ0) is 10.7. The first-order valence-corrected chi connectivity index (χ1v) is 4.78. The fourth-order valence-corrected chi connectivity index (χ4v) is 1.54.